The lowest BCUT2D eigenvalue weighted by atomic mass is 9.96. The molecule has 0 fully saturated rings. The molecule has 0 amide bonds. The number of aromatic nitrogens is 1. The Labute approximate surface area is 76.0 Å². The predicted molar refractivity (Wildman–Crippen MR) is 48.7 cm³/mol. The lowest BCUT2D eigenvalue weighted by Crippen LogP contribution is -2.23. The number of methoxy groups -OCH3 is 1. The summed E-state index contributed by atoms with van der Waals surface area (Å²) >= 11 is 1.46. The highest BCUT2D eigenvalue weighted by Gasteiger charge is 2.24. The van der Waals surface area contributed by atoms with Crippen molar-refractivity contribution in [1.29, 1.82) is 0 Å². The maximum Gasteiger partial charge on any atom is 0.222 e. The second-order valence-electron chi connectivity index (χ2n) is 3.33. The molecule has 4 heteroatoms. The number of aromatic hydroxyl groups is 1. The van der Waals surface area contributed by atoms with Crippen LogP contribution in [0.1, 0.15) is 18.9 Å². The van der Waals surface area contributed by atoms with Gasteiger partial charge in [0.15, 0.2) is 0 Å². The molecule has 0 saturated carbocycles. The topological polar surface area (TPSA) is 42.4 Å². The van der Waals surface area contributed by atoms with Crippen LogP contribution in [0.2, 0.25) is 0 Å². The molecule has 0 aliphatic rings. The van der Waals surface area contributed by atoms with E-state index in [1.165, 1.54) is 11.3 Å². The minimum atomic E-state index is -0.111. The molecule has 68 valence electrons. The molecule has 0 aromatic carbocycles. The SMILES string of the molecule is COCC(C)(C)c1nc(O)cs1. The zero-order valence-electron chi connectivity index (χ0n) is 7.50. The van der Waals surface area contributed by atoms with Crippen molar-refractivity contribution in [1.82, 2.24) is 4.98 Å². The van der Waals surface area contributed by atoms with Gasteiger partial charge in [0.05, 0.1) is 12.0 Å². The Bertz CT molecular complexity index is 257. The summed E-state index contributed by atoms with van der Waals surface area (Å²) < 4.78 is 5.06. The third-order valence-corrected chi connectivity index (χ3v) is 2.77. The van der Waals surface area contributed by atoms with Gasteiger partial charge in [0.25, 0.3) is 0 Å². The van der Waals surface area contributed by atoms with E-state index in [4.69, 9.17) is 9.84 Å². The lowest BCUT2D eigenvalue weighted by Gasteiger charge is -2.19. The molecule has 0 spiro atoms. The van der Waals surface area contributed by atoms with E-state index in [-0.39, 0.29) is 11.3 Å². The van der Waals surface area contributed by atoms with Crippen LogP contribution in [0.3, 0.4) is 0 Å². The molecular formula is C8H13NO2S. The summed E-state index contributed by atoms with van der Waals surface area (Å²) in [5.74, 6) is 0.0965. The molecule has 0 bridgehead atoms. The quantitative estimate of drug-likeness (QED) is 0.784. The van der Waals surface area contributed by atoms with Gasteiger partial charge in [0.1, 0.15) is 5.01 Å². The fourth-order valence-corrected chi connectivity index (χ4v) is 1.79. The van der Waals surface area contributed by atoms with Gasteiger partial charge >= 0.3 is 0 Å². The van der Waals surface area contributed by atoms with E-state index in [0.717, 1.165) is 5.01 Å². The number of rotatable bonds is 3. The Morgan fingerprint density at radius 1 is 1.67 bits per heavy atom. The van der Waals surface area contributed by atoms with E-state index in [9.17, 15) is 0 Å². The van der Waals surface area contributed by atoms with Crippen LogP contribution in [-0.2, 0) is 10.2 Å². The molecule has 0 radical (unpaired) electrons. The fraction of sp³-hybridized carbons (Fsp3) is 0.625. The van der Waals surface area contributed by atoms with Gasteiger partial charge < -0.3 is 9.84 Å². The lowest BCUT2D eigenvalue weighted by molar-refractivity contribution is 0.146. The number of hydrogen-bond donors (Lipinski definition) is 1. The van der Waals surface area contributed by atoms with Crippen LogP contribution in [0.25, 0.3) is 0 Å². The largest absolute Gasteiger partial charge is 0.493 e. The van der Waals surface area contributed by atoms with E-state index in [0.29, 0.717) is 6.61 Å². The summed E-state index contributed by atoms with van der Waals surface area (Å²) in [6.07, 6.45) is 0. The van der Waals surface area contributed by atoms with Gasteiger partial charge in [0.2, 0.25) is 5.88 Å². The highest BCUT2D eigenvalue weighted by molar-refractivity contribution is 7.10. The number of nitrogens with zero attached hydrogens (tertiary/aromatic N) is 1. The third kappa shape index (κ3) is 1.95. The van der Waals surface area contributed by atoms with Crippen molar-refractivity contribution in [3.63, 3.8) is 0 Å². The van der Waals surface area contributed by atoms with Crippen LogP contribution in [0.15, 0.2) is 5.38 Å². The fourth-order valence-electron chi connectivity index (χ4n) is 0.999. The highest BCUT2D eigenvalue weighted by Crippen LogP contribution is 2.28. The van der Waals surface area contributed by atoms with Crippen LogP contribution in [0, 0.1) is 0 Å². The number of thiazole rings is 1. The summed E-state index contributed by atoms with van der Waals surface area (Å²) in [7, 11) is 1.66. The first-order chi connectivity index (χ1) is 5.56. The Morgan fingerprint density at radius 2 is 2.33 bits per heavy atom. The molecule has 1 rings (SSSR count). The Hall–Kier alpha value is -0.610. The van der Waals surface area contributed by atoms with Crippen molar-refractivity contribution < 1.29 is 9.84 Å². The number of ether oxygens (including phenoxy) is 1. The van der Waals surface area contributed by atoms with E-state index in [1.807, 2.05) is 13.8 Å². The Balaban J connectivity index is 2.81. The van der Waals surface area contributed by atoms with Crippen molar-refractivity contribution in [2.75, 3.05) is 13.7 Å². The Morgan fingerprint density at radius 3 is 2.75 bits per heavy atom. The van der Waals surface area contributed by atoms with Crippen molar-refractivity contribution >= 4 is 11.3 Å². The summed E-state index contributed by atoms with van der Waals surface area (Å²) in [6.45, 7) is 4.68. The molecule has 0 unspecified atom stereocenters. The van der Waals surface area contributed by atoms with Crippen molar-refractivity contribution in [3.8, 4) is 5.88 Å². The molecular weight excluding hydrogens is 174 g/mol. The predicted octanol–water partition coefficient (Wildman–Crippen LogP) is 1.77. The maximum absolute atomic E-state index is 9.04. The zero-order valence-corrected chi connectivity index (χ0v) is 8.31. The van der Waals surface area contributed by atoms with Crippen molar-refractivity contribution in [2.24, 2.45) is 0 Å². The smallest absolute Gasteiger partial charge is 0.222 e. The summed E-state index contributed by atoms with van der Waals surface area (Å²) in [5.41, 5.74) is -0.111. The van der Waals surface area contributed by atoms with Gasteiger partial charge in [-0.1, -0.05) is 13.8 Å². The molecule has 12 heavy (non-hydrogen) atoms. The van der Waals surface area contributed by atoms with Crippen LogP contribution < -0.4 is 0 Å². The molecule has 0 aliphatic carbocycles. The normalized spacial score (nSPS) is 11.9. The van der Waals surface area contributed by atoms with E-state index in [2.05, 4.69) is 4.98 Å². The molecule has 1 N–H and O–H groups in total. The maximum atomic E-state index is 9.04. The molecule has 1 heterocycles. The van der Waals surface area contributed by atoms with Crippen LogP contribution in [-0.4, -0.2) is 23.8 Å². The van der Waals surface area contributed by atoms with Gasteiger partial charge in [0, 0.05) is 12.5 Å². The molecule has 1 aromatic heterocycles. The van der Waals surface area contributed by atoms with Gasteiger partial charge in [-0.25, -0.2) is 4.98 Å². The minimum Gasteiger partial charge on any atom is -0.493 e. The van der Waals surface area contributed by atoms with Crippen molar-refractivity contribution in [2.45, 2.75) is 19.3 Å². The monoisotopic (exact) mass is 187 g/mol. The first kappa shape index (κ1) is 9.48. The molecule has 0 atom stereocenters. The van der Waals surface area contributed by atoms with Gasteiger partial charge in [-0.3, -0.25) is 0 Å². The first-order valence-electron chi connectivity index (χ1n) is 3.70. The van der Waals surface area contributed by atoms with Crippen molar-refractivity contribution in [3.05, 3.63) is 10.4 Å². The highest BCUT2D eigenvalue weighted by atomic mass is 32.1. The molecule has 0 saturated heterocycles. The second kappa shape index (κ2) is 3.41. The van der Waals surface area contributed by atoms with Crippen LogP contribution in [0.4, 0.5) is 0 Å². The van der Waals surface area contributed by atoms with Gasteiger partial charge in [-0.2, -0.15) is 0 Å². The summed E-state index contributed by atoms with van der Waals surface area (Å²) in [5, 5.41) is 11.6. The molecule has 0 aliphatic heterocycles. The van der Waals surface area contributed by atoms with E-state index in [1.54, 1.807) is 12.5 Å². The minimum absolute atomic E-state index is 0.0965. The standard InChI is InChI=1S/C8H13NO2S/c1-8(2,5-11-3)7-9-6(10)4-12-7/h4,10H,5H2,1-3H3. The average molecular weight is 187 g/mol. The van der Waals surface area contributed by atoms with E-state index < -0.39 is 0 Å². The summed E-state index contributed by atoms with van der Waals surface area (Å²) in [4.78, 5) is 4.00. The molecule has 3 nitrogen and oxygen atoms in total. The van der Waals surface area contributed by atoms with Gasteiger partial charge in [-0.05, 0) is 0 Å². The van der Waals surface area contributed by atoms with E-state index >= 15 is 0 Å². The van der Waals surface area contributed by atoms with Crippen LogP contribution >= 0.6 is 11.3 Å². The van der Waals surface area contributed by atoms with Gasteiger partial charge in [-0.15, -0.1) is 11.3 Å². The second-order valence-corrected chi connectivity index (χ2v) is 4.19. The third-order valence-electron chi connectivity index (χ3n) is 1.58. The Kier molecular flexibility index (Phi) is 2.69. The average Bonchev–Trinajstić information content (AvgIpc) is 2.36. The van der Waals surface area contributed by atoms with Crippen LogP contribution in [0.5, 0.6) is 5.88 Å². The number of hydrogen-bond acceptors (Lipinski definition) is 4. The first-order valence-corrected chi connectivity index (χ1v) is 4.58. The summed E-state index contributed by atoms with van der Waals surface area (Å²) in [6, 6.07) is 0. The zero-order chi connectivity index (χ0) is 9.19. The molecule has 1 aromatic rings.